The fourth-order valence-electron chi connectivity index (χ4n) is 0.895. The van der Waals surface area contributed by atoms with E-state index < -0.39 is 17.9 Å². The molecule has 76 valence electrons. The molecule has 0 fully saturated rings. The van der Waals surface area contributed by atoms with Crippen molar-refractivity contribution in [1.82, 2.24) is 10.3 Å². The smallest absolute Gasteiger partial charge is 0.326 e. The Morgan fingerprint density at radius 1 is 1.71 bits per heavy atom. The first kappa shape index (κ1) is 10.6. The molecule has 1 aromatic heterocycles. The summed E-state index contributed by atoms with van der Waals surface area (Å²) in [5.74, 6) is -1.48. The van der Waals surface area contributed by atoms with Crippen LogP contribution in [0.15, 0.2) is 10.9 Å². The van der Waals surface area contributed by atoms with Gasteiger partial charge in [0, 0.05) is 5.38 Å². The van der Waals surface area contributed by atoms with Gasteiger partial charge < -0.3 is 10.4 Å². The lowest BCUT2D eigenvalue weighted by atomic mass is 10.2. The fraction of sp³-hybridized carbons (Fsp3) is 0.375. The summed E-state index contributed by atoms with van der Waals surface area (Å²) in [6, 6.07) is -0.843. The number of amides is 1. The summed E-state index contributed by atoms with van der Waals surface area (Å²) in [7, 11) is 0. The molecule has 1 rings (SSSR count). The summed E-state index contributed by atoms with van der Waals surface area (Å²) in [5.41, 5.74) is 1.78. The molecule has 0 saturated carbocycles. The zero-order chi connectivity index (χ0) is 10.6. The third kappa shape index (κ3) is 2.53. The third-order valence-electron chi connectivity index (χ3n) is 1.68. The highest BCUT2D eigenvalue weighted by Gasteiger charge is 2.18. The topological polar surface area (TPSA) is 79.3 Å². The Balaban J connectivity index is 2.60. The maximum atomic E-state index is 11.3. The standard InChI is InChI=1S/C8H10N2O3S/c1-2-5(8(12)13)10-7(11)6-3-14-4-9-6/h3-5H,2H2,1H3,(H,10,11)(H,12,13)/t5-/m0/s1. The minimum absolute atomic E-state index is 0.259. The Morgan fingerprint density at radius 3 is 2.86 bits per heavy atom. The first-order chi connectivity index (χ1) is 6.65. The number of nitrogens with zero attached hydrogens (tertiary/aromatic N) is 1. The summed E-state index contributed by atoms with van der Waals surface area (Å²) >= 11 is 1.29. The second kappa shape index (κ2) is 4.71. The van der Waals surface area contributed by atoms with Gasteiger partial charge in [-0.1, -0.05) is 6.92 Å². The molecule has 0 saturated heterocycles. The Morgan fingerprint density at radius 2 is 2.43 bits per heavy atom. The largest absolute Gasteiger partial charge is 0.480 e. The van der Waals surface area contributed by atoms with Crippen LogP contribution in [0.2, 0.25) is 0 Å². The number of nitrogens with one attached hydrogen (secondary N) is 1. The number of aliphatic carboxylic acids is 1. The van der Waals surface area contributed by atoms with E-state index >= 15 is 0 Å². The van der Waals surface area contributed by atoms with Gasteiger partial charge in [-0.3, -0.25) is 4.79 Å². The molecule has 1 heterocycles. The van der Waals surface area contributed by atoms with Crippen molar-refractivity contribution < 1.29 is 14.7 Å². The van der Waals surface area contributed by atoms with E-state index in [0.717, 1.165) is 0 Å². The van der Waals surface area contributed by atoms with E-state index in [1.807, 2.05) is 0 Å². The van der Waals surface area contributed by atoms with Gasteiger partial charge in [-0.25, -0.2) is 9.78 Å². The molecule has 0 unspecified atom stereocenters. The van der Waals surface area contributed by atoms with E-state index in [4.69, 9.17) is 5.11 Å². The van der Waals surface area contributed by atoms with E-state index in [1.165, 1.54) is 16.8 Å². The van der Waals surface area contributed by atoms with E-state index in [-0.39, 0.29) is 5.69 Å². The summed E-state index contributed by atoms with van der Waals surface area (Å²) in [4.78, 5) is 25.7. The molecule has 0 aliphatic heterocycles. The predicted octanol–water partition coefficient (Wildman–Crippen LogP) is 0.736. The van der Waals surface area contributed by atoms with Gasteiger partial charge in [-0.2, -0.15) is 0 Å². The minimum atomic E-state index is -1.03. The number of carboxylic acids is 1. The molecule has 0 spiro atoms. The van der Waals surface area contributed by atoms with Crippen LogP contribution in [0.1, 0.15) is 23.8 Å². The molecule has 0 aliphatic carbocycles. The Bertz CT molecular complexity index is 323. The van der Waals surface area contributed by atoms with Gasteiger partial charge >= 0.3 is 5.97 Å². The molecular weight excluding hydrogens is 204 g/mol. The minimum Gasteiger partial charge on any atom is -0.480 e. The second-order valence-electron chi connectivity index (χ2n) is 2.65. The first-order valence-corrected chi connectivity index (χ1v) is 5.01. The normalized spacial score (nSPS) is 12.1. The molecular formula is C8H10N2O3S. The second-order valence-corrected chi connectivity index (χ2v) is 3.36. The Labute approximate surface area is 84.8 Å². The number of carboxylic acid groups (broad SMARTS) is 1. The van der Waals surface area contributed by atoms with Crippen LogP contribution in [0.3, 0.4) is 0 Å². The quantitative estimate of drug-likeness (QED) is 0.774. The number of thiazole rings is 1. The van der Waals surface area contributed by atoms with E-state index in [9.17, 15) is 9.59 Å². The van der Waals surface area contributed by atoms with Crippen LogP contribution in [0.5, 0.6) is 0 Å². The predicted molar refractivity (Wildman–Crippen MR) is 51.3 cm³/mol. The molecule has 5 nitrogen and oxygen atoms in total. The summed E-state index contributed by atoms with van der Waals surface area (Å²) in [5, 5.41) is 12.6. The van der Waals surface area contributed by atoms with E-state index in [2.05, 4.69) is 10.3 Å². The summed E-state index contributed by atoms with van der Waals surface area (Å²) in [6.07, 6.45) is 0.352. The Hall–Kier alpha value is -1.43. The number of carbonyl (C=O) groups excluding carboxylic acids is 1. The number of hydrogen-bond acceptors (Lipinski definition) is 4. The van der Waals surface area contributed by atoms with Gasteiger partial charge in [0.25, 0.3) is 5.91 Å². The molecule has 0 aliphatic rings. The van der Waals surface area contributed by atoms with Crippen LogP contribution >= 0.6 is 11.3 Å². The van der Waals surface area contributed by atoms with Crippen LogP contribution in [0, 0.1) is 0 Å². The zero-order valence-corrected chi connectivity index (χ0v) is 8.37. The van der Waals surface area contributed by atoms with Crippen molar-refractivity contribution in [2.45, 2.75) is 19.4 Å². The fourth-order valence-corrected chi connectivity index (χ4v) is 1.43. The molecule has 0 radical (unpaired) electrons. The van der Waals surface area contributed by atoms with Crippen LogP contribution < -0.4 is 5.32 Å². The molecule has 1 atom stereocenters. The average molecular weight is 214 g/mol. The van der Waals surface area contributed by atoms with Crippen LogP contribution in [0.4, 0.5) is 0 Å². The number of hydrogen-bond donors (Lipinski definition) is 2. The van der Waals surface area contributed by atoms with Crippen molar-refractivity contribution in [2.24, 2.45) is 0 Å². The van der Waals surface area contributed by atoms with E-state index in [0.29, 0.717) is 6.42 Å². The Kier molecular flexibility index (Phi) is 3.58. The van der Waals surface area contributed by atoms with Crippen LogP contribution in [-0.2, 0) is 4.79 Å². The molecule has 1 aromatic rings. The first-order valence-electron chi connectivity index (χ1n) is 4.07. The number of rotatable bonds is 4. The highest BCUT2D eigenvalue weighted by Crippen LogP contribution is 2.01. The molecule has 0 aromatic carbocycles. The van der Waals surface area contributed by atoms with Crippen molar-refractivity contribution in [2.75, 3.05) is 0 Å². The lowest BCUT2D eigenvalue weighted by Gasteiger charge is -2.10. The monoisotopic (exact) mass is 214 g/mol. The van der Waals surface area contributed by atoms with Gasteiger partial charge in [-0.15, -0.1) is 11.3 Å². The lowest BCUT2D eigenvalue weighted by Crippen LogP contribution is -2.40. The molecule has 1 amide bonds. The average Bonchev–Trinajstić information content (AvgIpc) is 2.65. The number of aromatic nitrogens is 1. The lowest BCUT2D eigenvalue weighted by molar-refractivity contribution is -0.139. The maximum absolute atomic E-state index is 11.3. The molecule has 14 heavy (non-hydrogen) atoms. The van der Waals surface area contributed by atoms with Gasteiger partial charge in [-0.05, 0) is 6.42 Å². The highest BCUT2D eigenvalue weighted by molar-refractivity contribution is 7.07. The highest BCUT2D eigenvalue weighted by atomic mass is 32.1. The maximum Gasteiger partial charge on any atom is 0.326 e. The van der Waals surface area contributed by atoms with Gasteiger partial charge in [0.1, 0.15) is 11.7 Å². The van der Waals surface area contributed by atoms with Gasteiger partial charge in [0.15, 0.2) is 0 Å². The van der Waals surface area contributed by atoms with Crippen LogP contribution in [-0.4, -0.2) is 28.0 Å². The molecule has 2 N–H and O–H groups in total. The van der Waals surface area contributed by atoms with Crippen LogP contribution in [0.25, 0.3) is 0 Å². The SMILES string of the molecule is CC[C@H](NC(=O)c1cscn1)C(=O)O. The van der Waals surface area contributed by atoms with Crippen molar-refractivity contribution in [3.63, 3.8) is 0 Å². The van der Waals surface area contributed by atoms with Crippen molar-refractivity contribution >= 4 is 23.2 Å². The van der Waals surface area contributed by atoms with Gasteiger partial charge in [0.05, 0.1) is 5.51 Å². The van der Waals surface area contributed by atoms with Gasteiger partial charge in [0.2, 0.25) is 0 Å². The summed E-state index contributed by atoms with van der Waals surface area (Å²) in [6.45, 7) is 1.69. The van der Waals surface area contributed by atoms with E-state index in [1.54, 1.807) is 12.3 Å². The van der Waals surface area contributed by atoms with Crippen molar-refractivity contribution in [1.29, 1.82) is 0 Å². The number of carbonyl (C=O) groups is 2. The third-order valence-corrected chi connectivity index (χ3v) is 2.26. The van der Waals surface area contributed by atoms with Crippen molar-refractivity contribution in [3.8, 4) is 0 Å². The zero-order valence-electron chi connectivity index (χ0n) is 7.56. The molecule has 0 bridgehead atoms. The van der Waals surface area contributed by atoms with Crippen molar-refractivity contribution in [3.05, 3.63) is 16.6 Å². The molecule has 6 heteroatoms. The summed E-state index contributed by atoms with van der Waals surface area (Å²) < 4.78 is 0.